The fraction of sp³-hybridized carbons (Fsp3) is 0.475. The summed E-state index contributed by atoms with van der Waals surface area (Å²) in [5.74, 6) is -0.143. The molecule has 4 amide bonds. The summed E-state index contributed by atoms with van der Waals surface area (Å²) in [5, 5.41) is 14.2. The Morgan fingerprint density at radius 3 is 1.94 bits per heavy atom. The molecule has 0 unspecified atom stereocenters. The Labute approximate surface area is 305 Å². The third kappa shape index (κ3) is 12.2. The number of rotatable bonds is 16. The zero-order valence-electron chi connectivity index (χ0n) is 31.9. The molecule has 3 rings (SSSR count). The second kappa shape index (κ2) is 18.3. The number of ether oxygens (including phenoxy) is 1. The topological polar surface area (TPSA) is 144 Å². The first-order valence-electron chi connectivity index (χ1n) is 17.8. The van der Waals surface area contributed by atoms with Gasteiger partial charge in [0.25, 0.3) is 8.32 Å². The number of aryl methyl sites for hydroxylation is 1. The highest BCUT2D eigenvalue weighted by Crippen LogP contribution is 2.37. The molecule has 10 nitrogen and oxygen atoms in total. The van der Waals surface area contributed by atoms with Crippen LogP contribution in [0.25, 0.3) is 0 Å². The van der Waals surface area contributed by atoms with Crippen LogP contribution in [-0.2, 0) is 20.6 Å². The van der Waals surface area contributed by atoms with Gasteiger partial charge in [-0.3, -0.25) is 4.79 Å². The van der Waals surface area contributed by atoms with Gasteiger partial charge in [0, 0.05) is 24.8 Å². The lowest BCUT2D eigenvalue weighted by Gasteiger charge is -2.43. The van der Waals surface area contributed by atoms with Crippen molar-refractivity contribution in [3.05, 3.63) is 90.0 Å². The number of urea groups is 1. The smallest absolute Gasteiger partial charge is 0.407 e. The molecule has 278 valence electrons. The number of carbonyl (C=O) groups is 3. The van der Waals surface area contributed by atoms with E-state index >= 15 is 0 Å². The van der Waals surface area contributed by atoms with Crippen molar-refractivity contribution in [1.82, 2.24) is 16.0 Å². The Hall–Kier alpha value is -4.19. The summed E-state index contributed by atoms with van der Waals surface area (Å²) in [4.78, 5) is 37.4. The molecule has 0 aliphatic rings. The summed E-state index contributed by atoms with van der Waals surface area (Å²) < 4.78 is 12.6. The van der Waals surface area contributed by atoms with Crippen LogP contribution in [0.1, 0.15) is 79.4 Å². The first-order valence-corrected chi connectivity index (χ1v) is 19.8. The molecule has 6 N–H and O–H groups in total. The monoisotopic (exact) mass is 717 g/mol. The van der Waals surface area contributed by atoms with Crippen molar-refractivity contribution in [2.45, 2.75) is 104 Å². The van der Waals surface area contributed by atoms with Crippen molar-refractivity contribution in [2.75, 3.05) is 18.4 Å². The maximum absolute atomic E-state index is 13.7. The molecule has 3 aromatic rings. The van der Waals surface area contributed by atoms with Crippen LogP contribution in [0.3, 0.4) is 0 Å². The highest BCUT2D eigenvalue weighted by atomic mass is 28.4. The van der Waals surface area contributed by atoms with Gasteiger partial charge in [-0.1, -0.05) is 101 Å². The molecule has 0 aromatic heterocycles. The van der Waals surface area contributed by atoms with Crippen molar-refractivity contribution in [1.29, 1.82) is 0 Å². The van der Waals surface area contributed by atoms with Crippen molar-refractivity contribution in [3.8, 4) is 0 Å². The molecule has 0 heterocycles. The number of nitrogens with one attached hydrogen (secondary N) is 4. The number of hydrogen-bond acceptors (Lipinski definition) is 6. The van der Waals surface area contributed by atoms with Crippen LogP contribution in [0.15, 0.2) is 78.9 Å². The van der Waals surface area contributed by atoms with Crippen LogP contribution in [-0.4, -0.2) is 57.1 Å². The molecule has 0 radical (unpaired) electrons. The van der Waals surface area contributed by atoms with Crippen LogP contribution in [0.2, 0.25) is 5.04 Å². The zero-order valence-corrected chi connectivity index (χ0v) is 32.9. The van der Waals surface area contributed by atoms with Crippen molar-refractivity contribution >= 4 is 42.4 Å². The molecule has 0 aliphatic carbocycles. The largest absolute Gasteiger partial charge is 0.444 e. The van der Waals surface area contributed by atoms with Crippen LogP contribution in [0.4, 0.5) is 15.3 Å². The predicted octanol–water partition coefficient (Wildman–Crippen LogP) is 5.97. The normalized spacial score (nSPS) is 13.3. The standard InChI is InChI=1S/C40H59N5O5Si/c1-28(2)35(45-38(48)50-39(4,5)6)26-43-34(21-16-24-42-37(41)47)36(46)44-31-23-22-30(29(3)25-31)27-49-51(40(7,8)9,32-17-12-10-13-18-32)33-19-14-11-15-20-33/h10-15,17-20,22-23,25,28,34-35,43H,16,21,24,26-27H2,1-9H3,(H,44,46)(H,45,48)(H3,41,42,47)/t34-,35+/m0/s1. The lowest BCUT2D eigenvalue weighted by atomic mass is 10.0. The molecule has 2 atom stereocenters. The highest BCUT2D eigenvalue weighted by Gasteiger charge is 2.50. The summed E-state index contributed by atoms with van der Waals surface area (Å²) in [7, 11) is -2.73. The van der Waals surface area contributed by atoms with E-state index in [2.05, 4.69) is 90.6 Å². The minimum atomic E-state index is -2.73. The van der Waals surface area contributed by atoms with Crippen molar-refractivity contribution < 1.29 is 23.5 Å². The number of anilines is 1. The van der Waals surface area contributed by atoms with Crippen molar-refractivity contribution in [2.24, 2.45) is 11.7 Å². The van der Waals surface area contributed by atoms with Gasteiger partial charge in [0.1, 0.15) is 5.60 Å². The van der Waals surface area contributed by atoms with E-state index in [1.807, 2.05) is 71.9 Å². The second-order valence-electron chi connectivity index (χ2n) is 15.5. The molecule has 0 bridgehead atoms. The van der Waals surface area contributed by atoms with E-state index in [0.717, 1.165) is 11.1 Å². The average molecular weight is 718 g/mol. The number of amides is 4. The Morgan fingerprint density at radius 1 is 0.863 bits per heavy atom. The lowest BCUT2D eigenvalue weighted by molar-refractivity contribution is -0.118. The van der Waals surface area contributed by atoms with Gasteiger partial charge in [0.15, 0.2) is 0 Å². The first kappa shape index (κ1) is 41.2. The average Bonchev–Trinajstić information content (AvgIpc) is 3.04. The lowest BCUT2D eigenvalue weighted by Crippen LogP contribution is -2.66. The Balaban J connectivity index is 1.79. The van der Waals surface area contributed by atoms with E-state index in [4.69, 9.17) is 14.9 Å². The summed E-state index contributed by atoms with van der Waals surface area (Å²) in [6, 6.07) is 25.5. The third-order valence-electron chi connectivity index (χ3n) is 8.85. The number of carbonyl (C=O) groups excluding carboxylic acids is 3. The molecular weight excluding hydrogens is 659 g/mol. The summed E-state index contributed by atoms with van der Waals surface area (Å²) in [6.07, 6.45) is 0.452. The minimum absolute atomic E-state index is 0.0755. The number of alkyl carbamates (subject to hydrolysis) is 1. The van der Waals surface area contributed by atoms with E-state index in [0.29, 0.717) is 38.2 Å². The van der Waals surface area contributed by atoms with Gasteiger partial charge in [-0.05, 0) is 85.1 Å². The fourth-order valence-corrected chi connectivity index (χ4v) is 10.7. The molecule has 51 heavy (non-hydrogen) atoms. The van der Waals surface area contributed by atoms with Crippen LogP contribution < -0.4 is 37.4 Å². The predicted molar refractivity (Wildman–Crippen MR) is 209 cm³/mol. The quantitative estimate of drug-likeness (QED) is 0.0914. The highest BCUT2D eigenvalue weighted by molar-refractivity contribution is 6.99. The zero-order chi connectivity index (χ0) is 37.8. The maximum Gasteiger partial charge on any atom is 0.407 e. The van der Waals surface area contributed by atoms with Crippen LogP contribution >= 0.6 is 0 Å². The Kier molecular flexibility index (Phi) is 14.8. The molecule has 0 aliphatic heterocycles. The van der Waals surface area contributed by atoms with E-state index in [1.54, 1.807) is 0 Å². The third-order valence-corrected chi connectivity index (χ3v) is 13.8. The summed E-state index contributed by atoms with van der Waals surface area (Å²) >= 11 is 0. The molecule has 0 fully saturated rings. The molecule has 3 aromatic carbocycles. The SMILES string of the molecule is Cc1cc(NC(=O)[C@H](CCCNC(N)=O)NC[C@@H](NC(=O)OC(C)(C)C)C(C)C)ccc1CO[Si](c1ccccc1)(c1ccccc1)C(C)(C)C. The van der Waals surface area contributed by atoms with Gasteiger partial charge in [-0.2, -0.15) is 0 Å². The van der Waals surface area contributed by atoms with E-state index in [9.17, 15) is 14.4 Å². The number of hydrogen-bond donors (Lipinski definition) is 5. The van der Waals surface area contributed by atoms with Gasteiger partial charge >= 0.3 is 12.1 Å². The number of benzene rings is 3. The molecule has 0 spiro atoms. The Morgan fingerprint density at radius 2 is 1.45 bits per heavy atom. The molecule has 11 heteroatoms. The van der Waals surface area contributed by atoms with Gasteiger partial charge in [0.2, 0.25) is 5.91 Å². The molecule has 0 saturated heterocycles. The minimum Gasteiger partial charge on any atom is -0.444 e. The van der Waals surface area contributed by atoms with Gasteiger partial charge < -0.3 is 36.2 Å². The van der Waals surface area contributed by atoms with Crippen LogP contribution in [0, 0.1) is 12.8 Å². The summed E-state index contributed by atoms with van der Waals surface area (Å²) in [5.41, 5.74) is 7.32. The number of nitrogens with two attached hydrogens (primary N) is 1. The fourth-order valence-electron chi connectivity index (χ4n) is 6.14. The van der Waals surface area contributed by atoms with Crippen molar-refractivity contribution in [3.63, 3.8) is 0 Å². The van der Waals surface area contributed by atoms with Gasteiger partial charge in [-0.25, -0.2) is 9.59 Å². The maximum atomic E-state index is 13.7. The van der Waals surface area contributed by atoms with Crippen LogP contribution in [0.5, 0.6) is 0 Å². The van der Waals surface area contributed by atoms with E-state index in [-0.39, 0.29) is 22.9 Å². The first-order chi connectivity index (χ1) is 23.9. The molecule has 0 saturated carbocycles. The Bertz CT molecular complexity index is 1530. The summed E-state index contributed by atoms with van der Waals surface area (Å²) in [6.45, 7) is 19.3. The second-order valence-corrected chi connectivity index (χ2v) is 19.8. The van der Waals surface area contributed by atoms with E-state index in [1.165, 1.54) is 10.4 Å². The number of primary amides is 1. The van der Waals surface area contributed by atoms with Gasteiger partial charge in [0.05, 0.1) is 12.6 Å². The molecular formula is C40H59N5O5Si. The van der Waals surface area contributed by atoms with Gasteiger partial charge in [-0.15, -0.1) is 0 Å². The van der Waals surface area contributed by atoms with E-state index < -0.39 is 32.1 Å².